The van der Waals surface area contributed by atoms with E-state index >= 15 is 0 Å². The Kier molecular flexibility index (Phi) is 4.38. The van der Waals surface area contributed by atoms with Crippen LogP contribution in [-0.2, 0) is 0 Å². The maximum atomic E-state index is 10.2. The van der Waals surface area contributed by atoms with E-state index < -0.39 is 6.10 Å². The van der Waals surface area contributed by atoms with Crippen molar-refractivity contribution in [1.82, 2.24) is 15.6 Å². The predicted molar refractivity (Wildman–Crippen MR) is 96.6 cm³/mol. The van der Waals surface area contributed by atoms with Gasteiger partial charge in [-0.15, -0.1) is 0 Å². The van der Waals surface area contributed by atoms with Gasteiger partial charge in [0.25, 0.3) is 0 Å². The van der Waals surface area contributed by atoms with Gasteiger partial charge in [-0.3, -0.25) is 0 Å². The number of hydrogen-bond donors (Lipinski definition) is 4. The van der Waals surface area contributed by atoms with E-state index in [1.807, 2.05) is 30.3 Å². The van der Waals surface area contributed by atoms with Crippen molar-refractivity contribution in [2.75, 3.05) is 26.2 Å². The van der Waals surface area contributed by atoms with Crippen molar-refractivity contribution in [3.63, 3.8) is 0 Å². The van der Waals surface area contributed by atoms with Gasteiger partial charge in [0.2, 0.25) is 0 Å². The molecule has 0 saturated carbocycles. The van der Waals surface area contributed by atoms with Crippen LogP contribution in [0.5, 0.6) is 5.75 Å². The molecule has 0 bridgehead atoms. The lowest BCUT2D eigenvalue weighted by molar-refractivity contribution is 0.105. The van der Waals surface area contributed by atoms with Gasteiger partial charge in [0, 0.05) is 35.4 Å². The minimum absolute atomic E-state index is 0.284. The Labute approximate surface area is 141 Å². The SMILES string of the molecule is O[C@@H](CN[C@H]1CCNC1)COc1cccc2[nH]c3ccccc3c12. The largest absolute Gasteiger partial charge is 0.490 e. The molecular formula is C19H23N3O2. The Bertz CT molecular complexity index is 824. The molecule has 3 aromatic rings. The average Bonchev–Trinajstić information content (AvgIpc) is 3.25. The smallest absolute Gasteiger partial charge is 0.129 e. The Balaban J connectivity index is 1.46. The van der Waals surface area contributed by atoms with E-state index in [-0.39, 0.29) is 6.61 Å². The standard InChI is InChI=1S/C19H23N3O2/c23-14(11-21-13-8-9-20-10-13)12-24-18-7-3-6-17-19(18)15-4-1-2-5-16(15)22-17/h1-7,13-14,20-23H,8-12H2/t13-,14-/m0/s1. The fraction of sp³-hybridized carbons (Fsp3) is 0.368. The molecule has 1 aliphatic rings. The van der Waals surface area contributed by atoms with Gasteiger partial charge in [-0.2, -0.15) is 0 Å². The van der Waals surface area contributed by atoms with Gasteiger partial charge in [-0.1, -0.05) is 24.3 Å². The highest BCUT2D eigenvalue weighted by Crippen LogP contribution is 2.32. The summed E-state index contributed by atoms with van der Waals surface area (Å²) in [5, 5.41) is 19.1. The molecule has 4 N–H and O–H groups in total. The molecule has 126 valence electrons. The first-order valence-electron chi connectivity index (χ1n) is 8.55. The monoisotopic (exact) mass is 325 g/mol. The Morgan fingerprint density at radius 3 is 2.92 bits per heavy atom. The molecule has 0 unspecified atom stereocenters. The van der Waals surface area contributed by atoms with Crippen molar-refractivity contribution in [3.05, 3.63) is 42.5 Å². The van der Waals surface area contributed by atoms with Gasteiger partial charge in [0.05, 0.1) is 5.52 Å². The molecule has 0 amide bonds. The molecule has 0 radical (unpaired) electrons. The Morgan fingerprint density at radius 1 is 1.17 bits per heavy atom. The van der Waals surface area contributed by atoms with Crippen molar-refractivity contribution in [2.45, 2.75) is 18.6 Å². The zero-order valence-electron chi connectivity index (χ0n) is 13.6. The van der Waals surface area contributed by atoms with Crippen LogP contribution in [0.1, 0.15) is 6.42 Å². The zero-order chi connectivity index (χ0) is 16.4. The lowest BCUT2D eigenvalue weighted by Crippen LogP contribution is -2.39. The van der Waals surface area contributed by atoms with Crippen LogP contribution in [0.4, 0.5) is 0 Å². The van der Waals surface area contributed by atoms with Crippen molar-refractivity contribution < 1.29 is 9.84 Å². The number of para-hydroxylation sites is 1. The molecule has 2 aromatic carbocycles. The molecular weight excluding hydrogens is 302 g/mol. The Hall–Kier alpha value is -2.08. The number of nitrogens with one attached hydrogen (secondary N) is 3. The minimum Gasteiger partial charge on any atom is -0.490 e. The molecule has 0 aliphatic carbocycles. The van der Waals surface area contributed by atoms with Crippen LogP contribution in [0.15, 0.2) is 42.5 Å². The molecule has 0 spiro atoms. The first kappa shape index (κ1) is 15.4. The van der Waals surface area contributed by atoms with Crippen LogP contribution in [0, 0.1) is 0 Å². The highest BCUT2D eigenvalue weighted by molar-refractivity contribution is 6.10. The fourth-order valence-corrected chi connectivity index (χ4v) is 3.37. The van der Waals surface area contributed by atoms with Crippen molar-refractivity contribution in [2.24, 2.45) is 0 Å². The molecule has 24 heavy (non-hydrogen) atoms. The van der Waals surface area contributed by atoms with E-state index in [4.69, 9.17) is 4.74 Å². The molecule has 1 aromatic heterocycles. The van der Waals surface area contributed by atoms with Crippen LogP contribution in [0.3, 0.4) is 0 Å². The van der Waals surface area contributed by atoms with Crippen LogP contribution in [-0.4, -0.2) is 48.5 Å². The Morgan fingerprint density at radius 2 is 2.04 bits per heavy atom. The summed E-state index contributed by atoms with van der Waals surface area (Å²) in [6, 6.07) is 14.6. The van der Waals surface area contributed by atoms with E-state index in [0.717, 1.165) is 47.1 Å². The van der Waals surface area contributed by atoms with Gasteiger partial charge in [-0.25, -0.2) is 0 Å². The molecule has 1 fully saturated rings. The third-order valence-corrected chi connectivity index (χ3v) is 4.63. The molecule has 5 heteroatoms. The number of benzene rings is 2. The highest BCUT2D eigenvalue weighted by Gasteiger charge is 2.16. The lowest BCUT2D eigenvalue weighted by atomic mass is 10.1. The van der Waals surface area contributed by atoms with Crippen molar-refractivity contribution >= 4 is 21.8 Å². The number of hydrogen-bond acceptors (Lipinski definition) is 4. The maximum Gasteiger partial charge on any atom is 0.129 e. The number of aromatic amines is 1. The second-order valence-corrected chi connectivity index (χ2v) is 6.41. The molecule has 1 aliphatic heterocycles. The number of aliphatic hydroxyl groups is 1. The molecule has 4 rings (SSSR count). The number of H-pyrrole nitrogens is 1. The topological polar surface area (TPSA) is 69.3 Å². The van der Waals surface area contributed by atoms with E-state index in [9.17, 15) is 5.11 Å². The van der Waals surface area contributed by atoms with Crippen molar-refractivity contribution in [3.8, 4) is 5.75 Å². The van der Waals surface area contributed by atoms with Gasteiger partial charge in [-0.05, 0) is 31.2 Å². The summed E-state index contributed by atoms with van der Waals surface area (Å²) >= 11 is 0. The molecule has 5 nitrogen and oxygen atoms in total. The second-order valence-electron chi connectivity index (χ2n) is 6.41. The minimum atomic E-state index is -0.522. The van der Waals surface area contributed by atoms with Gasteiger partial charge < -0.3 is 25.5 Å². The summed E-state index contributed by atoms with van der Waals surface area (Å²) in [6.07, 6.45) is 0.591. The van der Waals surface area contributed by atoms with E-state index in [1.54, 1.807) is 0 Å². The fourth-order valence-electron chi connectivity index (χ4n) is 3.37. The summed E-state index contributed by atoms with van der Waals surface area (Å²) in [7, 11) is 0. The average molecular weight is 325 g/mol. The van der Waals surface area contributed by atoms with Gasteiger partial charge >= 0.3 is 0 Å². The summed E-state index contributed by atoms with van der Waals surface area (Å²) in [4.78, 5) is 3.41. The number of aliphatic hydroxyl groups excluding tert-OH is 1. The van der Waals surface area contributed by atoms with Crippen molar-refractivity contribution in [1.29, 1.82) is 0 Å². The van der Waals surface area contributed by atoms with Gasteiger partial charge in [0.15, 0.2) is 0 Å². The van der Waals surface area contributed by atoms with Crippen LogP contribution >= 0.6 is 0 Å². The second kappa shape index (κ2) is 6.81. The number of fused-ring (bicyclic) bond motifs is 3. The van der Waals surface area contributed by atoms with Crippen LogP contribution in [0.25, 0.3) is 21.8 Å². The van der Waals surface area contributed by atoms with E-state index in [0.29, 0.717) is 12.6 Å². The summed E-state index contributed by atoms with van der Waals surface area (Å²) in [5.74, 6) is 0.812. The molecule has 2 heterocycles. The van der Waals surface area contributed by atoms with E-state index in [1.165, 1.54) is 0 Å². The molecule has 2 atom stereocenters. The first-order chi connectivity index (χ1) is 11.8. The predicted octanol–water partition coefficient (Wildman–Crippen LogP) is 2.01. The van der Waals surface area contributed by atoms with Crippen LogP contribution < -0.4 is 15.4 Å². The number of rotatable bonds is 6. The molecule has 1 saturated heterocycles. The summed E-state index contributed by atoms with van der Waals surface area (Å²) in [5.41, 5.74) is 2.15. The maximum absolute atomic E-state index is 10.2. The lowest BCUT2D eigenvalue weighted by Gasteiger charge is -2.16. The third-order valence-electron chi connectivity index (χ3n) is 4.63. The first-order valence-corrected chi connectivity index (χ1v) is 8.55. The number of ether oxygens (including phenoxy) is 1. The number of aromatic nitrogens is 1. The zero-order valence-corrected chi connectivity index (χ0v) is 13.6. The van der Waals surface area contributed by atoms with E-state index in [2.05, 4.69) is 27.8 Å². The van der Waals surface area contributed by atoms with Gasteiger partial charge in [0.1, 0.15) is 18.5 Å². The third kappa shape index (κ3) is 3.11. The normalized spacial score (nSPS) is 19.1. The van der Waals surface area contributed by atoms with Crippen LogP contribution in [0.2, 0.25) is 0 Å². The summed E-state index contributed by atoms with van der Waals surface area (Å²) in [6.45, 7) is 2.86. The summed E-state index contributed by atoms with van der Waals surface area (Å²) < 4.78 is 5.94. The quantitative estimate of drug-likeness (QED) is 0.560. The highest BCUT2D eigenvalue weighted by atomic mass is 16.5.